The SMILES string of the molecule is Cc1nn(-c2ccc(Nc3ccc(NC(=O)c4cccc5ccccc45)cc3)nn2)c(C)c1C. The second-order valence-corrected chi connectivity index (χ2v) is 8.17. The Kier molecular flexibility index (Phi) is 5.51. The molecule has 2 N–H and O–H groups in total. The molecule has 0 saturated heterocycles. The lowest BCUT2D eigenvalue weighted by atomic mass is 10.0. The van der Waals surface area contributed by atoms with Crippen LogP contribution in [0, 0.1) is 20.8 Å². The van der Waals surface area contributed by atoms with Gasteiger partial charge in [0.1, 0.15) is 0 Å². The summed E-state index contributed by atoms with van der Waals surface area (Å²) in [6, 6.07) is 24.8. The van der Waals surface area contributed by atoms with E-state index in [1.54, 1.807) is 4.68 Å². The van der Waals surface area contributed by atoms with Crippen LogP contribution >= 0.6 is 0 Å². The van der Waals surface area contributed by atoms with Gasteiger partial charge in [-0.05, 0) is 79.6 Å². The van der Waals surface area contributed by atoms with E-state index in [1.807, 2.05) is 99.6 Å². The normalized spacial score (nSPS) is 10.9. The standard InChI is InChI=1S/C27H24N6O/c1-17-18(2)32-33(19(17)3)26-16-15-25(30-31-26)28-21-11-13-22(14-12-21)29-27(34)24-10-6-8-20-7-4-5-9-23(20)24/h4-16H,1-3H3,(H,28,30)(H,29,34). The Labute approximate surface area is 197 Å². The van der Waals surface area contributed by atoms with E-state index in [0.717, 1.165) is 33.4 Å². The maximum absolute atomic E-state index is 12.8. The van der Waals surface area contributed by atoms with E-state index < -0.39 is 0 Å². The van der Waals surface area contributed by atoms with Crippen molar-refractivity contribution in [2.24, 2.45) is 0 Å². The van der Waals surface area contributed by atoms with Gasteiger partial charge in [-0.25, -0.2) is 4.68 Å². The summed E-state index contributed by atoms with van der Waals surface area (Å²) in [5, 5.41) is 21.3. The van der Waals surface area contributed by atoms with Crippen molar-refractivity contribution >= 4 is 33.9 Å². The molecule has 2 heterocycles. The average Bonchev–Trinajstić information content (AvgIpc) is 3.12. The molecule has 7 nitrogen and oxygen atoms in total. The Morgan fingerprint density at radius 2 is 1.53 bits per heavy atom. The Bertz CT molecular complexity index is 1480. The van der Waals surface area contributed by atoms with Gasteiger partial charge in [0.15, 0.2) is 11.6 Å². The lowest BCUT2D eigenvalue weighted by Crippen LogP contribution is -2.12. The molecule has 0 aliphatic heterocycles. The fourth-order valence-corrected chi connectivity index (χ4v) is 3.86. The number of aromatic nitrogens is 4. The quantitative estimate of drug-likeness (QED) is 0.358. The average molecular weight is 449 g/mol. The fraction of sp³-hybridized carbons (Fsp3) is 0.111. The minimum Gasteiger partial charge on any atom is -0.339 e. The monoisotopic (exact) mass is 448 g/mol. The van der Waals surface area contributed by atoms with Crippen LogP contribution in [0.2, 0.25) is 0 Å². The molecule has 0 aliphatic carbocycles. The molecule has 1 amide bonds. The van der Waals surface area contributed by atoms with E-state index in [1.165, 1.54) is 0 Å². The van der Waals surface area contributed by atoms with Crippen molar-refractivity contribution in [3.8, 4) is 5.82 Å². The van der Waals surface area contributed by atoms with Crippen LogP contribution in [0.25, 0.3) is 16.6 Å². The number of nitrogens with one attached hydrogen (secondary N) is 2. The number of nitrogens with zero attached hydrogens (tertiary/aromatic N) is 4. The summed E-state index contributed by atoms with van der Waals surface area (Å²) in [5.74, 6) is 1.15. The van der Waals surface area contributed by atoms with E-state index in [2.05, 4.69) is 25.9 Å². The van der Waals surface area contributed by atoms with Crippen molar-refractivity contribution in [1.82, 2.24) is 20.0 Å². The van der Waals surface area contributed by atoms with Crippen molar-refractivity contribution in [3.05, 3.63) is 101 Å². The summed E-state index contributed by atoms with van der Waals surface area (Å²) in [4.78, 5) is 12.8. The van der Waals surface area contributed by atoms with Gasteiger partial charge in [-0.15, -0.1) is 10.2 Å². The second kappa shape index (κ2) is 8.78. The van der Waals surface area contributed by atoms with Crippen LogP contribution in [0.3, 0.4) is 0 Å². The highest BCUT2D eigenvalue weighted by Crippen LogP contribution is 2.22. The third kappa shape index (κ3) is 4.11. The number of anilines is 3. The van der Waals surface area contributed by atoms with Crippen LogP contribution in [0.4, 0.5) is 17.2 Å². The highest BCUT2D eigenvalue weighted by Gasteiger charge is 2.11. The van der Waals surface area contributed by atoms with Gasteiger partial charge in [-0.3, -0.25) is 4.79 Å². The van der Waals surface area contributed by atoms with Crippen LogP contribution in [0.15, 0.2) is 78.9 Å². The van der Waals surface area contributed by atoms with Gasteiger partial charge in [0.2, 0.25) is 0 Å². The van der Waals surface area contributed by atoms with Gasteiger partial charge in [-0.1, -0.05) is 36.4 Å². The zero-order valence-electron chi connectivity index (χ0n) is 19.2. The molecule has 2 aromatic heterocycles. The number of amides is 1. The van der Waals surface area contributed by atoms with Gasteiger partial charge in [0.25, 0.3) is 5.91 Å². The van der Waals surface area contributed by atoms with E-state index in [0.29, 0.717) is 22.9 Å². The van der Waals surface area contributed by atoms with E-state index >= 15 is 0 Å². The Morgan fingerprint density at radius 1 is 0.794 bits per heavy atom. The Morgan fingerprint density at radius 3 is 2.24 bits per heavy atom. The van der Waals surface area contributed by atoms with Crippen molar-refractivity contribution in [2.75, 3.05) is 10.6 Å². The summed E-state index contributed by atoms with van der Waals surface area (Å²) in [6.45, 7) is 6.05. The van der Waals surface area contributed by atoms with Crippen molar-refractivity contribution in [1.29, 1.82) is 0 Å². The molecule has 0 unspecified atom stereocenters. The van der Waals surface area contributed by atoms with Crippen LogP contribution in [-0.4, -0.2) is 25.9 Å². The summed E-state index contributed by atoms with van der Waals surface area (Å²) in [5.41, 5.74) is 5.38. The molecule has 5 rings (SSSR count). The highest BCUT2D eigenvalue weighted by molar-refractivity contribution is 6.12. The molecule has 0 saturated carbocycles. The van der Waals surface area contributed by atoms with Crippen molar-refractivity contribution < 1.29 is 4.79 Å². The molecule has 0 fully saturated rings. The first-order chi connectivity index (χ1) is 16.5. The lowest BCUT2D eigenvalue weighted by Gasteiger charge is -2.10. The van der Waals surface area contributed by atoms with Gasteiger partial charge >= 0.3 is 0 Å². The number of carbonyl (C=O) groups is 1. The van der Waals surface area contributed by atoms with E-state index in [-0.39, 0.29) is 5.91 Å². The zero-order valence-corrected chi connectivity index (χ0v) is 19.2. The first-order valence-electron chi connectivity index (χ1n) is 11.0. The van der Waals surface area contributed by atoms with Crippen LogP contribution < -0.4 is 10.6 Å². The molecule has 168 valence electrons. The number of carbonyl (C=O) groups excluding carboxylic acids is 1. The Hall–Kier alpha value is -4.52. The molecule has 3 aromatic carbocycles. The van der Waals surface area contributed by atoms with E-state index in [4.69, 9.17) is 0 Å². The molecule has 5 aromatic rings. The molecule has 7 heteroatoms. The third-order valence-electron chi connectivity index (χ3n) is 5.97. The summed E-state index contributed by atoms with van der Waals surface area (Å²) in [7, 11) is 0. The van der Waals surface area contributed by atoms with Gasteiger partial charge in [0, 0.05) is 22.6 Å². The number of fused-ring (bicyclic) bond motifs is 1. The summed E-state index contributed by atoms with van der Waals surface area (Å²) >= 11 is 0. The van der Waals surface area contributed by atoms with Crippen molar-refractivity contribution in [2.45, 2.75) is 20.8 Å². The topological polar surface area (TPSA) is 84.7 Å². The minimum absolute atomic E-state index is 0.140. The molecular formula is C27H24N6O. The second-order valence-electron chi connectivity index (χ2n) is 8.17. The van der Waals surface area contributed by atoms with Crippen LogP contribution in [-0.2, 0) is 0 Å². The fourth-order valence-electron chi connectivity index (χ4n) is 3.86. The summed E-state index contributed by atoms with van der Waals surface area (Å²) < 4.78 is 1.80. The lowest BCUT2D eigenvalue weighted by molar-refractivity contribution is 0.102. The number of hydrogen-bond acceptors (Lipinski definition) is 5. The number of rotatable bonds is 5. The summed E-state index contributed by atoms with van der Waals surface area (Å²) in [6.07, 6.45) is 0. The predicted molar refractivity (Wildman–Crippen MR) is 135 cm³/mol. The molecule has 0 radical (unpaired) electrons. The maximum Gasteiger partial charge on any atom is 0.256 e. The molecule has 0 spiro atoms. The van der Waals surface area contributed by atoms with Crippen molar-refractivity contribution in [3.63, 3.8) is 0 Å². The predicted octanol–water partition coefficient (Wildman–Crippen LogP) is 5.74. The first kappa shape index (κ1) is 21.3. The molecule has 0 bridgehead atoms. The Balaban J connectivity index is 1.27. The third-order valence-corrected chi connectivity index (χ3v) is 5.97. The van der Waals surface area contributed by atoms with Crippen LogP contribution in [0.5, 0.6) is 0 Å². The van der Waals surface area contributed by atoms with E-state index in [9.17, 15) is 4.79 Å². The number of benzene rings is 3. The number of aryl methyl sites for hydroxylation is 1. The molecule has 34 heavy (non-hydrogen) atoms. The largest absolute Gasteiger partial charge is 0.339 e. The smallest absolute Gasteiger partial charge is 0.256 e. The molecule has 0 atom stereocenters. The first-order valence-corrected chi connectivity index (χ1v) is 11.0. The maximum atomic E-state index is 12.8. The molecular weight excluding hydrogens is 424 g/mol. The van der Waals surface area contributed by atoms with Gasteiger partial charge < -0.3 is 10.6 Å². The minimum atomic E-state index is -0.140. The molecule has 0 aliphatic rings. The van der Waals surface area contributed by atoms with Gasteiger partial charge in [0.05, 0.1) is 5.69 Å². The highest BCUT2D eigenvalue weighted by atomic mass is 16.1. The van der Waals surface area contributed by atoms with Crippen LogP contribution in [0.1, 0.15) is 27.3 Å². The number of hydrogen-bond donors (Lipinski definition) is 2. The van der Waals surface area contributed by atoms with Gasteiger partial charge in [-0.2, -0.15) is 5.10 Å². The zero-order chi connectivity index (χ0) is 23.7.